The van der Waals surface area contributed by atoms with Gasteiger partial charge in [0.15, 0.2) is 5.96 Å². The number of furan rings is 1. The molecule has 0 saturated heterocycles. The minimum absolute atomic E-state index is 0.281. The number of guanidine groups is 1. The molecule has 0 radical (unpaired) electrons. The molecule has 3 rings (SSSR count). The van der Waals surface area contributed by atoms with Crippen LogP contribution in [0.4, 0.5) is 10.1 Å². The predicted molar refractivity (Wildman–Crippen MR) is 86.3 cm³/mol. The van der Waals surface area contributed by atoms with Crippen molar-refractivity contribution < 1.29 is 8.81 Å². The second-order valence-electron chi connectivity index (χ2n) is 4.98. The zero-order valence-electron chi connectivity index (χ0n) is 12.1. The van der Waals surface area contributed by atoms with Crippen molar-refractivity contribution >= 4 is 22.6 Å². The van der Waals surface area contributed by atoms with Crippen LogP contribution >= 0.6 is 0 Å². The number of para-hydroxylation sites is 1. The maximum Gasteiger partial charge on any atom is 0.193 e. The number of benzene rings is 2. The summed E-state index contributed by atoms with van der Waals surface area (Å²) in [5, 5.41) is 3.76. The molecule has 1 aromatic heterocycles. The van der Waals surface area contributed by atoms with Crippen molar-refractivity contribution in [3.05, 3.63) is 65.7 Å². The van der Waals surface area contributed by atoms with Crippen LogP contribution in [0.1, 0.15) is 11.3 Å². The summed E-state index contributed by atoms with van der Waals surface area (Å²) in [5.74, 6) is 0.701. The summed E-state index contributed by atoms with van der Waals surface area (Å²) in [6, 6.07) is 14.0. The molecule has 0 spiro atoms. The van der Waals surface area contributed by atoms with Crippen molar-refractivity contribution in [1.82, 2.24) is 0 Å². The molecule has 0 bridgehead atoms. The maximum absolute atomic E-state index is 13.3. The number of hydrogen-bond donors (Lipinski definition) is 2. The van der Waals surface area contributed by atoms with E-state index < -0.39 is 0 Å². The van der Waals surface area contributed by atoms with Crippen LogP contribution in [0.2, 0.25) is 0 Å². The summed E-state index contributed by atoms with van der Waals surface area (Å²) in [6.45, 7) is 2.19. The predicted octanol–water partition coefficient (Wildman–Crippen LogP) is 3.81. The number of fused-ring (bicyclic) bond motifs is 1. The number of aliphatic imine (C=N–C) groups is 1. The summed E-state index contributed by atoms with van der Waals surface area (Å²) in [5.41, 5.74) is 8.26. The highest BCUT2D eigenvalue weighted by atomic mass is 19.1. The first-order valence-electron chi connectivity index (χ1n) is 6.93. The van der Waals surface area contributed by atoms with Crippen LogP contribution in [0.15, 0.2) is 57.9 Å². The number of nitrogens with two attached hydrogens (primary N) is 1. The Kier molecular flexibility index (Phi) is 3.78. The van der Waals surface area contributed by atoms with Crippen LogP contribution in [-0.2, 0) is 6.54 Å². The SMILES string of the molecule is Cc1c(CN=C(N)Nc2ccccc2)oc2ccc(F)cc12. The number of aryl methyl sites for hydroxylation is 1. The third kappa shape index (κ3) is 2.93. The van der Waals surface area contributed by atoms with Gasteiger partial charge in [-0.15, -0.1) is 0 Å². The van der Waals surface area contributed by atoms with Gasteiger partial charge in [-0.3, -0.25) is 0 Å². The van der Waals surface area contributed by atoms with E-state index in [1.54, 1.807) is 6.07 Å². The number of halogens is 1. The molecule has 1 heterocycles. The van der Waals surface area contributed by atoms with Gasteiger partial charge in [0.05, 0.1) is 0 Å². The monoisotopic (exact) mass is 297 g/mol. The molecular formula is C17H16FN3O. The Balaban J connectivity index is 1.78. The molecule has 0 aliphatic rings. The molecule has 0 unspecified atom stereocenters. The normalized spacial score (nSPS) is 11.8. The Morgan fingerprint density at radius 1 is 1.23 bits per heavy atom. The Bertz CT molecular complexity index is 825. The molecule has 2 aromatic carbocycles. The lowest BCUT2D eigenvalue weighted by Crippen LogP contribution is -2.22. The summed E-state index contributed by atoms with van der Waals surface area (Å²) in [7, 11) is 0. The third-order valence-corrected chi connectivity index (χ3v) is 3.44. The van der Waals surface area contributed by atoms with Crippen molar-refractivity contribution in [3.8, 4) is 0 Å². The Morgan fingerprint density at radius 2 is 2.00 bits per heavy atom. The van der Waals surface area contributed by atoms with E-state index in [9.17, 15) is 4.39 Å². The first-order chi connectivity index (χ1) is 10.6. The zero-order valence-corrected chi connectivity index (χ0v) is 12.1. The molecule has 3 N–H and O–H groups in total. The number of nitrogens with zero attached hydrogens (tertiary/aromatic N) is 1. The number of hydrogen-bond acceptors (Lipinski definition) is 2. The van der Waals surface area contributed by atoms with Crippen molar-refractivity contribution in [2.75, 3.05) is 5.32 Å². The van der Waals surface area contributed by atoms with Gasteiger partial charge in [-0.25, -0.2) is 9.38 Å². The second-order valence-corrected chi connectivity index (χ2v) is 4.98. The highest BCUT2D eigenvalue weighted by molar-refractivity contribution is 5.92. The lowest BCUT2D eigenvalue weighted by molar-refractivity contribution is 0.548. The molecule has 0 atom stereocenters. The number of rotatable bonds is 3. The Labute approximate surface area is 127 Å². The fourth-order valence-electron chi connectivity index (χ4n) is 2.26. The van der Waals surface area contributed by atoms with Gasteiger partial charge < -0.3 is 15.5 Å². The van der Waals surface area contributed by atoms with Gasteiger partial charge in [0.25, 0.3) is 0 Å². The van der Waals surface area contributed by atoms with E-state index in [2.05, 4.69) is 10.3 Å². The first-order valence-corrected chi connectivity index (χ1v) is 6.93. The van der Waals surface area contributed by atoms with Crippen LogP contribution in [0, 0.1) is 12.7 Å². The van der Waals surface area contributed by atoms with E-state index in [0.717, 1.165) is 16.6 Å². The van der Waals surface area contributed by atoms with Crippen molar-refractivity contribution in [3.63, 3.8) is 0 Å². The molecule has 0 saturated carbocycles. The highest BCUT2D eigenvalue weighted by Crippen LogP contribution is 2.26. The molecule has 0 fully saturated rings. The van der Waals surface area contributed by atoms with Crippen molar-refractivity contribution in [1.29, 1.82) is 0 Å². The summed E-state index contributed by atoms with van der Waals surface area (Å²) < 4.78 is 19.0. The number of anilines is 1. The van der Waals surface area contributed by atoms with E-state index in [-0.39, 0.29) is 5.82 Å². The Hall–Kier alpha value is -2.82. The lowest BCUT2D eigenvalue weighted by Gasteiger charge is -2.04. The van der Waals surface area contributed by atoms with E-state index in [4.69, 9.17) is 10.2 Å². The fraction of sp³-hybridized carbons (Fsp3) is 0.118. The number of nitrogens with one attached hydrogen (secondary N) is 1. The third-order valence-electron chi connectivity index (χ3n) is 3.44. The van der Waals surface area contributed by atoms with Gasteiger partial charge in [-0.1, -0.05) is 18.2 Å². The first kappa shape index (κ1) is 14.1. The highest BCUT2D eigenvalue weighted by Gasteiger charge is 2.10. The topological polar surface area (TPSA) is 63.5 Å². The molecule has 22 heavy (non-hydrogen) atoms. The maximum atomic E-state index is 13.3. The van der Waals surface area contributed by atoms with Crippen LogP contribution in [0.3, 0.4) is 0 Å². The molecule has 5 heteroatoms. The van der Waals surface area contributed by atoms with Gasteiger partial charge in [0.2, 0.25) is 0 Å². The van der Waals surface area contributed by atoms with Crippen LogP contribution in [0.5, 0.6) is 0 Å². The molecule has 112 valence electrons. The Morgan fingerprint density at radius 3 is 2.77 bits per heavy atom. The average Bonchev–Trinajstić information content (AvgIpc) is 2.82. The van der Waals surface area contributed by atoms with E-state index >= 15 is 0 Å². The fourth-order valence-corrected chi connectivity index (χ4v) is 2.26. The van der Waals surface area contributed by atoms with Gasteiger partial charge in [-0.05, 0) is 37.3 Å². The van der Waals surface area contributed by atoms with Crippen LogP contribution in [0.25, 0.3) is 11.0 Å². The largest absolute Gasteiger partial charge is 0.459 e. The molecular weight excluding hydrogens is 281 g/mol. The molecule has 4 nitrogen and oxygen atoms in total. The van der Waals surface area contributed by atoms with Crippen LogP contribution in [-0.4, -0.2) is 5.96 Å². The molecule has 0 aliphatic heterocycles. The smallest absolute Gasteiger partial charge is 0.193 e. The second kappa shape index (κ2) is 5.89. The lowest BCUT2D eigenvalue weighted by atomic mass is 10.1. The van der Waals surface area contributed by atoms with Crippen molar-refractivity contribution in [2.45, 2.75) is 13.5 Å². The molecule has 0 amide bonds. The standard InChI is InChI=1S/C17H16FN3O/c1-11-14-9-12(18)7-8-15(14)22-16(11)10-20-17(19)21-13-5-3-2-4-6-13/h2-9H,10H2,1H3,(H3,19,20,21). The van der Waals surface area contributed by atoms with Gasteiger partial charge in [-0.2, -0.15) is 0 Å². The van der Waals surface area contributed by atoms with Crippen LogP contribution < -0.4 is 11.1 Å². The minimum Gasteiger partial charge on any atom is -0.459 e. The van der Waals surface area contributed by atoms with Crippen molar-refractivity contribution in [2.24, 2.45) is 10.7 Å². The minimum atomic E-state index is -0.281. The van der Waals surface area contributed by atoms with Gasteiger partial charge >= 0.3 is 0 Å². The summed E-state index contributed by atoms with van der Waals surface area (Å²) in [6.07, 6.45) is 0. The average molecular weight is 297 g/mol. The quantitative estimate of drug-likeness (QED) is 0.571. The molecule has 0 aliphatic carbocycles. The van der Waals surface area contributed by atoms with E-state index in [0.29, 0.717) is 23.8 Å². The van der Waals surface area contributed by atoms with Gasteiger partial charge in [0.1, 0.15) is 23.7 Å². The van der Waals surface area contributed by atoms with E-state index in [1.807, 2.05) is 37.3 Å². The van der Waals surface area contributed by atoms with E-state index in [1.165, 1.54) is 12.1 Å². The summed E-state index contributed by atoms with van der Waals surface area (Å²) >= 11 is 0. The summed E-state index contributed by atoms with van der Waals surface area (Å²) in [4.78, 5) is 4.26. The zero-order chi connectivity index (χ0) is 15.5. The molecule has 3 aromatic rings. The van der Waals surface area contributed by atoms with Gasteiger partial charge in [0, 0.05) is 16.6 Å².